The third kappa shape index (κ3) is 6.11. The van der Waals surface area contributed by atoms with Crippen LogP contribution in [0.3, 0.4) is 0 Å². The SMILES string of the molecule is COCCNCC(O)CN(C)C1CCN(C)CC1. The van der Waals surface area contributed by atoms with Gasteiger partial charge in [0.25, 0.3) is 0 Å². The number of piperidine rings is 1. The molecule has 0 saturated carbocycles. The molecule has 108 valence electrons. The first-order valence-corrected chi connectivity index (χ1v) is 6.90. The lowest BCUT2D eigenvalue weighted by Gasteiger charge is -2.36. The number of likely N-dealkylation sites (tertiary alicyclic amines) is 1. The van der Waals surface area contributed by atoms with Crippen molar-refractivity contribution in [3.8, 4) is 0 Å². The molecule has 0 bridgehead atoms. The summed E-state index contributed by atoms with van der Waals surface area (Å²) in [7, 11) is 5.98. The van der Waals surface area contributed by atoms with Crippen LogP contribution in [-0.4, -0.2) is 87.6 Å². The summed E-state index contributed by atoms with van der Waals surface area (Å²) in [6.07, 6.45) is 2.11. The number of ether oxygens (including phenoxy) is 1. The highest BCUT2D eigenvalue weighted by Gasteiger charge is 2.21. The number of rotatable bonds is 8. The van der Waals surface area contributed by atoms with Gasteiger partial charge in [0.1, 0.15) is 0 Å². The molecule has 18 heavy (non-hydrogen) atoms. The molecule has 0 aromatic heterocycles. The number of hydrogen-bond acceptors (Lipinski definition) is 5. The van der Waals surface area contributed by atoms with E-state index in [1.54, 1.807) is 7.11 Å². The van der Waals surface area contributed by atoms with Crippen LogP contribution in [0.2, 0.25) is 0 Å². The van der Waals surface area contributed by atoms with Gasteiger partial charge < -0.3 is 25.0 Å². The summed E-state index contributed by atoms with van der Waals surface area (Å²) in [6, 6.07) is 0.620. The van der Waals surface area contributed by atoms with Gasteiger partial charge in [0.05, 0.1) is 12.7 Å². The third-order valence-corrected chi connectivity index (χ3v) is 3.67. The number of aliphatic hydroxyl groups is 1. The smallest absolute Gasteiger partial charge is 0.0791 e. The molecular formula is C13H29N3O2. The number of aliphatic hydroxyl groups excluding tert-OH is 1. The van der Waals surface area contributed by atoms with Crippen LogP contribution in [0, 0.1) is 0 Å². The maximum atomic E-state index is 9.95. The van der Waals surface area contributed by atoms with E-state index >= 15 is 0 Å². The first-order chi connectivity index (χ1) is 8.63. The first-order valence-electron chi connectivity index (χ1n) is 6.90. The second kappa shape index (κ2) is 8.82. The number of nitrogens with zero attached hydrogens (tertiary/aromatic N) is 2. The standard InChI is InChI=1S/C13H29N3O2/c1-15-7-4-12(5-8-15)16(2)11-13(17)10-14-6-9-18-3/h12-14,17H,4-11H2,1-3H3. The Labute approximate surface area is 111 Å². The first kappa shape index (κ1) is 15.9. The molecule has 1 aliphatic rings. The van der Waals surface area contributed by atoms with Crippen LogP contribution in [0.1, 0.15) is 12.8 Å². The lowest BCUT2D eigenvalue weighted by molar-refractivity contribution is 0.0774. The number of methoxy groups -OCH3 is 1. The van der Waals surface area contributed by atoms with Crippen molar-refractivity contribution in [2.45, 2.75) is 25.0 Å². The molecule has 1 atom stereocenters. The summed E-state index contributed by atoms with van der Waals surface area (Å²) in [6.45, 7) is 5.20. The molecule has 1 aliphatic heterocycles. The quantitative estimate of drug-likeness (QED) is 0.581. The Morgan fingerprint density at radius 2 is 2.11 bits per heavy atom. The molecule has 5 heteroatoms. The average molecular weight is 259 g/mol. The van der Waals surface area contributed by atoms with Crippen molar-refractivity contribution in [2.24, 2.45) is 0 Å². The zero-order valence-corrected chi connectivity index (χ0v) is 12.1. The average Bonchev–Trinajstić information content (AvgIpc) is 2.35. The monoisotopic (exact) mass is 259 g/mol. The van der Waals surface area contributed by atoms with Crippen LogP contribution < -0.4 is 5.32 Å². The fourth-order valence-electron chi connectivity index (χ4n) is 2.42. The van der Waals surface area contributed by atoms with Crippen LogP contribution in [0.25, 0.3) is 0 Å². The summed E-state index contributed by atoms with van der Waals surface area (Å²) in [5.41, 5.74) is 0. The normalized spacial score (nSPS) is 20.5. The molecule has 1 heterocycles. The number of nitrogens with one attached hydrogen (secondary N) is 1. The van der Waals surface area contributed by atoms with Gasteiger partial charge in [-0.15, -0.1) is 0 Å². The van der Waals surface area contributed by atoms with Crippen molar-refractivity contribution < 1.29 is 9.84 Å². The fourth-order valence-corrected chi connectivity index (χ4v) is 2.42. The van der Waals surface area contributed by atoms with Crippen LogP contribution in [-0.2, 0) is 4.74 Å². The van der Waals surface area contributed by atoms with E-state index in [0.29, 0.717) is 19.2 Å². The highest BCUT2D eigenvalue weighted by Crippen LogP contribution is 2.14. The van der Waals surface area contributed by atoms with E-state index in [1.165, 1.54) is 12.8 Å². The second-order valence-electron chi connectivity index (χ2n) is 5.32. The molecule has 1 rings (SSSR count). The van der Waals surface area contributed by atoms with E-state index in [1.807, 2.05) is 0 Å². The molecule has 0 aromatic carbocycles. The highest BCUT2D eigenvalue weighted by atomic mass is 16.5. The van der Waals surface area contributed by atoms with Crippen LogP contribution >= 0.6 is 0 Å². The Kier molecular flexibility index (Phi) is 7.77. The van der Waals surface area contributed by atoms with Gasteiger partial charge in [-0.3, -0.25) is 0 Å². The van der Waals surface area contributed by atoms with E-state index in [2.05, 4.69) is 29.2 Å². The molecular weight excluding hydrogens is 230 g/mol. The van der Waals surface area contributed by atoms with Gasteiger partial charge >= 0.3 is 0 Å². The van der Waals surface area contributed by atoms with Gasteiger partial charge in [-0.1, -0.05) is 0 Å². The zero-order valence-electron chi connectivity index (χ0n) is 12.1. The molecule has 0 radical (unpaired) electrons. The zero-order chi connectivity index (χ0) is 13.4. The Balaban J connectivity index is 2.12. The lowest BCUT2D eigenvalue weighted by atomic mass is 10.0. The van der Waals surface area contributed by atoms with Gasteiger partial charge in [0, 0.05) is 32.8 Å². The molecule has 0 aliphatic carbocycles. The molecule has 5 nitrogen and oxygen atoms in total. The largest absolute Gasteiger partial charge is 0.390 e. The van der Waals surface area contributed by atoms with Crippen molar-refractivity contribution in [1.82, 2.24) is 15.1 Å². The Bertz CT molecular complexity index is 208. The van der Waals surface area contributed by atoms with E-state index < -0.39 is 0 Å². The Hall–Kier alpha value is -0.200. The minimum absolute atomic E-state index is 0.300. The minimum Gasteiger partial charge on any atom is -0.390 e. The van der Waals surface area contributed by atoms with Gasteiger partial charge in [0.15, 0.2) is 0 Å². The van der Waals surface area contributed by atoms with Crippen LogP contribution in [0.4, 0.5) is 0 Å². The summed E-state index contributed by atoms with van der Waals surface area (Å²) in [4.78, 5) is 4.67. The van der Waals surface area contributed by atoms with Crippen LogP contribution in [0.5, 0.6) is 0 Å². The van der Waals surface area contributed by atoms with E-state index in [-0.39, 0.29) is 6.10 Å². The van der Waals surface area contributed by atoms with Crippen molar-refractivity contribution >= 4 is 0 Å². The number of hydrogen-bond donors (Lipinski definition) is 2. The summed E-state index contributed by atoms with van der Waals surface area (Å²) < 4.78 is 4.95. The van der Waals surface area contributed by atoms with Crippen molar-refractivity contribution in [3.63, 3.8) is 0 Å². The fraction of sp³-hybridized carbons (Fsp3) is 1.00. The predicted octanol–water partition coefficient (Wildman–Crippen LogP) is -0.391. The van der Waals surface area contributed by atoms with Gasteiger partial charge in [0.2, 0.25) is 0 Å². The van der Waals surface area contributed by atoms with Gasteiger partial charge in [-0.05, 0) is 40.0 Å². The van der Waals surface area contributed by atoms with Gasteiger partial charge in [-0.2, -0.15) is 0 Å². The predicted molar refractivity (Wildman–Crippen MR) is 73.9 cm³/mol. The second-order valence-corrected chi connectivity index (χ2v) is 5.32. The molecule has 0 spiro atoms. The molecule has 0 amide bonds. The summed E-state index contributed by atoms with van der Waals surface area (Å²) in [5, 5.41) is 13.1. The van der Waals surface area contributed by atoms with E-state index in [0.717, 1.165) is 26.2 Å². The summed E-state index contributed by atoms with van der Waals surface area (Å²) in [5.74, 6) is 0. The van der Waals surface area contributed by atoms with Crippen molar-refractivity contribution in [3.05, 3.63) is 0 Å². The van der Waals surface area contributed by atoms with Crippen LogP contribution in [0.15, 0.2) is 0 Å². The Morgan fingerprint density at radius 3 is 2.72 bits per heavy atom. The molecule has 1 unspecified atom stereocenters. The van der Waals surface area contributed by atoms with Gasteiger partial charge in [-0.25, -0.2) is 0 Å². The Morgan fingerprint density at radius 1 is 1.44 bits per heavy atom. The highest BCUT2D eigenvalue weighted by molar-refractivity contribution is 4.78. The minimum atomic E-state index is -0.300. The van der Waals surface area contributed by atoms with E-state index in [9.17, 15) is 5.11 Å². The summed E-state index contributed by atoms with van der Waals surface area (Å²) >= 11 is 0. The van der Waals surface area contributed by atoms with Crippen molar-refractivity contribution in [1.29, 1.82) is 0 Å². The van der Waals surface area contributed by atoms with Crippen molar-refractivity contribution in [2.75, 3.05) is 60.5 Å². The molecule has 1 saturated heterocycles. The molecule has 0 aromatic rings. The molecule has 2 N–H and O–H groups in total. The molecule has 1 fully saturated rings. The number of likely N-dealkylation sites (N-methyl/N-ethyl adjacent to an activating group) is 1. The maximum Gasteiger partial charge on any atom is 0.0791 e. The lowest BCUT2D eigenvalue weighted by Crippen LogP contribution is -2.46. The third-order valence-electron chi connectivity index (χ3n) is 3.67. The topological polar surface area (TPSA) is 48.0 Å². The maximum absolute atomic E-state index is 9.95. The van der Waals surface area contributed by atoms with E-state index in [4.69, 9.17) is 4.74 Å².